The molecule has 0 saturated heterocycles. The van der Waals surface area contributed by atoms with E-state index in [4.69, 9.17) is 17.3 Å². The van der Waals surface area contributed by atoms with E-state index in [0.717, 1.165) is 6.07 Å². The average molecular weight is 215 g/mol. The number of nitro benzene ring substituents is 1. The zero-order valence-corrected chi connectivity index (χ0v) is 7.82. The second-order valence-corrected chi connectivity index (χ2v) is 2.96. The van der Waals surface area contributed by atoms with Crippen molar-refractivity contribution in [2.24, 2.45) is 5.73 Å². The van der Waals surface area contributed by atoms with Gasteiger partial charge in [-0.1, -0.05) is 11.6 Å². The minimum Gasteiger partial charge on any atom is -0.324 e. The van der Waals surface area contributed by atoms with Crippen LogP contribution in [-0.2, 0) is 0 Å². The van der Waals surface area contributed by atoms with Crippen LogP contribution in [0.2, 0.25) is 5.02 Å². The van der Waals surface area contributed by atoms with E-state index in [1.165, 1.54) is 12.1 Å². The minimum absolute atomic E-state index is 0.0865. The van der Waals surface area contributed by atoms with Gasteiger partial charge < -0.3 is 5.73 Å². The number of nitrogens with zero attached hydrogens (tertiary/aromatic N) is 1. The van der Waals surface area contributed by atoms with Crippen LogP contribution in [-0.4, -0.2) is 17.3 Å². The Morgan fingerprint density at radius 3 is 2.71 bits per heavy atom. The van der Waals surface area contributed by atoms with Crippen molar-refractivity contribution < 1.29 is 9.72 Å². The molecule has 5 nitrogen and oxygen atoms in total. The van der Waals surface area contributed by atoms with E-state index in [1.54, 1.807) is 0 Å². The maximum Gasteiger partial charge on any atom is 0.270 e. The van der Waals surface area contributed by atoms with Crippen LogP contribution in [0.4, 0.5) is 5.69 Å². The van der Waals surface area contributed by atoms with Crippen molar-refractivity contribution in [1.82, 2.24) is 0 Å². The number of rotatable bonds is 3. The van der Waals surface area contributed by atoms with Crippen molar-refractivity contribution in [3.8, 4) is 0 Å². The Kier molecular flexibility index (Phi) is 3.16. The maximum absolute atomic E-state index is 11.2. The van der Waals surface area contributed by atoms with Gasteiger partial charge in [-0.2, -0.15) is 0 Å². The number of carbonyl (C=O) groups is 1. The van der Waals surface area contributed by atoms with Crippen molar-refractivity contribution in [3.05, 3.63) is 38.9 Å². The highest BCUT2D eigenvalue weighted by Gasteiger charge is 2.14. The summed E-state index contributed by atoms with van der Waals surface area (Å²) in [4.78, 5) is 21.0. The molecule has 0 aliphatic rings. The molecule has 0 radical (unpaired) electrons. The first kappa shape index (κ1) is 10.6. The molecule has 0 aliphatic heterocycles. The fourth-order valence-electron chi connectivity index (χ4n) is 0.950. The molecule has 14 heavy (non-hydrogen) atoms. The highest BCUT2D eigenvalue weighted by Crippen LogP contribution is 2.22. The molecule has 1 aromatic rings. The van der Waals surface area contributed by atoms with Crippen LogP contribution in [0, 0.1) is 10.1 Å². The summed E-state index contributed by atoms with van der Waals surface area (Å²) in [5.74, 6) is -0.418. The van der Waals surface area contributed by atoms with Crippen molar-refractivity contribution >= 4 is 23.1 Å². The molecular weight excluding hydrogens is 208 g/mol. The van der Waals surface area contributed by atoms with Gasteiger partial charge in [-0.25, -0.2) is 0 Å². The molecule has 74 valence electrons. The Hall–Kier alpha value is -1.46. The minimum atomic E-state index is -0.594. The number of Topliss-reactive ketones (excluding diaryl/α,β-unsaturated/α-hetero) is 1. The molecule has 0 heterocycles. The third-order valence-electron chi connectivity index (χ3n) is 1.65. The van der Waals surface area contributed by atoms with E-state index < -0.39 is 10.7 Å². The monoisotopic (exact) mass is 214 g/mol. The summed E-state index contributed by atoms with van der Waals surface area (Å²) >= 11 is 5.68. The number of non-ortho nitro benzene ring substituents is 1. The Labute approximate surface area is 84.6 Å². The van der Waals surface area contributed by atoms with E-state index >= 15 is 0 Å². The van der Waals surface area contributed by atoms with Crippen molar-refractivity contribution in [1.29, 1.82) is 0 Å². The summed E-state index contributed by atoms with van der Waals surface area (Å²) in [5.41, 5.74) is 5.03. The summed E-state index contributed by atoms with van der Waals surface area (Å²) in [7, 11) is 0. The Morgan fingerprint density at radius 2 is 2.21 bits per heavy atom. The van der Waals surface area contributed by atoms with E-state index in [1.807, 2.05) is 0 Å². The van der Waals surface area contributed by atoms with E-state index in [9.17, 15) is 14.9 Å². The fraction of sp³-hybridized carbons (Fsp3) is 0.125. The van der Waals surface area contributed by atoms with E-state index in [-0.39, 0.29) is 22.8 Å². The van der Waals surface area contributed by atoms with Gasteiger partial charge in [0.05, 0.1) is 16.5 Å². The number of nitrogens with two attached hydrogens (primary N) is 1. The molecule has 2 N–H and O–H groups in total. The quantitative estimate of drug-likeness (QED) is 0.468. The van der Waals surface area contributed by atoms with E-state index in [2.05, 4.69) is 0 Å². The standard InChI is InChI=1S/C8H7ClN2O3/c9-7-2-1-5(11(13)14)3-6(7)8(12)4-10/h1-3H,4,10H2. The van der Waals surface area contributed by atoms with Gasteiger partial charge in [0.15, 0.2) is 5.78 Å². The summed E-state index contributed by atoms with van der Waals surface area (Å²) in [5, 5.41) is 10.6. The van der Waals surface area contributed by atoms with Gasteiger partial charge in [-0.3, -0.25) is 14.9 Å². The third-order valence-corrected chi connectivity index (χ3v) is 1.98. The first-order valence-electron chi connectivity index (χ1n) is 3.73. The predicted molar refractivity (Wildman–Crippen MR) is 51.5 cm³/mol. The number of halogens is 1. The highest BCUT2D eigenvalue weighted by atomic mass is 35.5. The molecular formula is C8H7ClN2O3. The SMILES string of the molecule is NCC(=O)c1cc([N+](=O)[O-])ccc1Cl. The number of hydrogen-bond donors (Lipinski definition) is 1. The van der Waals surface area contributed by atoms with Crippen LogP contribution in [0.25, 0.3) is 0 Å². The zero-order valence-electron chi connectivity index (χ0n) is 7.07. The molecule has 1 aromatic carbocycles. The number of ketones is 1. The third kappa shape index (κ3) is 2.07. The number of carbonyl (C=O) groups excluding carboxylic acids is 1. The van der Waals surface area contributed by atoms with Crippen LogP contribution >= 0.6 is 11.6 Å². The molecule has 0 aliphatic carbocycles. The summed E-state index contributed by atoms with van der Waals surface area (Å²) < 4.78 is 0. The van der Waals surface area contributed by atoms with Gasteiger partial charge in [0, 0.05) is 17.7 Å². The van der Waals surface area contributed by atoms with Crippen molar-refractivity contribution in [2.75, 3.05) is 6.54 Å². The van der Waals surface area contributed by atoms with Crippen LogP contribution < -0.4 is 5.73 Å². The van der Waals surface area contributed by atoms with Crippen LogP contribution in [0.15, 0.2) is 18.2 Å². The lowest BCUT2D eigenvalue weighted by Crippen LogP contribution is -2.14. The number of benzene rings is 1. The van der Waals surface area contributed by atoms with Crippen LogP contribution in [0.3, 0.4) is 0 Å². The largest absolute Gasteiger partial charge is 0.324 e. The molecule has 6 heteroatoms. The molecule has 0 unspecified atom stereocenters. The highest BCUT2D eigenvalue weighted by molar-refractivity contribution is 6.34. The van der Waals surface area contributed by atoms with Gasteiger partial charge in [0.1, 0.15) is 0 Å². The molecule has 0 aromatic heterocycles. The first-order valence-corrected chi connectivity index (χ1v) is 4.11. The summed E-state index contributed by atoms with van der Waals surface area (Å²) in [6.45, 7) is -0.221. The van der Waals surface area contributed by atoms with E-state index in [0.29, 0.717) is 0 Å². The average Bonchev–Trinajstić information content (AvgIpc) is 2.17. The smallest absolute Gasteiger partial charge is 0.270 e. The molecule has 1 rings (SSSR count). The van der Waals surface area contributed by atoms with Crippen LogP contribution in [0.1, 0.15) is 10.4 Å². The van der Waals surface area contributed by atoms with Crippen LogP contribution in [0.5, 0.6) is 0 Å². The molecule has 0 bridgehead atoms. The normalized spacial score (nSPS) is 9.86. The number of nitro groups is 1. The summed E-state index contributed by atoms with van der Waals surface area (Å²) in [6, 6.07) is 3.66. The van der Waals surface area contributed by atoms with Gasteiger partial charge in [0.2, 0.25) is 0 Å². The number of hydrogen-bond acceptors (Lipinski definition) is 4. The predicted octanol–water partition coefficient (Wildman–Crippen LogP) is 1.39. The van der Waals surface area contributed by atoms with Crippen molar-refractivity contribution in [2.45, 2.75) is 0 Å². The Bertz CT molecular complexity index is 392. The fourth-order valence-corrected chi connectivity index (χ4v) is 1.17. The molecule has 0 spiro atoms. The van der Waals surface area contributed by atoms with Gasteiger partial charge >= 0.3 is 0 Å². The first-order chi connectivity index (χ1) is 6.56. The maximum atomic E-state index is 11.2. The molecule has 0 atom stereocenters. The lowest BCUT2D eigenvalue weighted by atomic mass is 10.1. The molecule has 0 fully saturated rings. The molecule has 0 amide bonds. The zero-order chi connectivity index (χ0) is 10.7. The second kappa shape index (κ2) is 4.17. The lowest BCUT2D eigenvalue weighted by Gasteiger charge is -2.00. The Balaban J connectivity index is 3.21. The lowest BCUT2D eigenvalue weighted by molar-refractivity contribution is -0.384. The second-order valence-electron chi connectivity index (χ2n) is 2.55. The van der Waals surface area contributed by atoms with Gasteiger partial charge in [-0.05, 0) is 6.07 Å². The van der Waals surface area contributed by atoms with Crippen molar-refractivity contribution in [3.63, 3.8) is 0 Å². The van der Waals surface area contributed by atoms with Gasteiger partial charge in [0.25, 0.3) is 5.69 Å². The summed E-state index contributed by atoms with van der Waals surface area (Å²) in [6.07, 6.45) is 0. The molecule has 0 saturated carbocycles. The topological polar surface area (TPSA) is 86.2 Å². The Morgan fingerprint density at radius 1 is 1.57 bits per heavy atom. The van der Waals surface area contributed by atoms with Gasteiger partial charge in [-0.15, -0.1) is 0 Å².